The average Bonchev–Trinajstić information content (AvgIpc) is 2.90. The zero-order chi connectivity index (χ0) is 13.7. The molecule has 0 radical (unpaired) electrons. The predicted molar refractivity (Wildman–Crippen MR) is 81.3 cm³/mol. The van der Waals surface area contributed by atoms with Crippen LogP contribution in [0, 0.1) is 0 Å². The summed E-state index contributed by atoms with van der Waals surface area (Å²) in [5, 5.41) is 4.05. The number of rotatable bonds is 6. The van der Waals surface area contributed by atoms with E-state index in [1.165, 1.54) is 18.6 Å². The maximum absolute atomic E-state index is 11.8. The molecule has 2 N–H and O–H groups in total. The summed E-state index contributed by atoms with van der Waals surface area (Å²) in [7, 11) is -3.34. The highest BCUT2D eigenvalue weighted by Gasteiger charge is 2.15. The van der Waals surface area contributed by atoms with Crippen LogP contribution in [0.5, 0.6) is 0 Å². The summed E-state index contributed by atoms with van der Waals surface area (Å²) in [4.78, 5) is 0.315. The molecule has 1 heterocycles. The molecule has 1 unspecified atom stereocenters. The Morgan fingerprint density at radius 2 is 2.05 bits per heavy atom. The van der Waals surface area contributed by atoms with Crippen molar-refractivity contribution in [2.75, 3.05) is 24.2 Å². The number of hydrogen-bond acceptors (Lipinski definition) is 4. The minimum atomic E-state index is -3.34. The molecule has 0 aliphatic carbocycles. The molecule has 1 saturated heterocycles. The molecule has 0 bridgehead atoms. The Labute approximate surface area is 119 Å². The second-order valence-electron chi connectivity index (χ2n) is 4.54. The van der Waals surface area contributed by atoms with Crippen LogP contribution in [0.25, 0.3) is 0 Å². The lowest BCUT2D eigenvalue weighted by molar-refractivity contribution is 0.584. The number of anilines is 1. The van der Waals surface area contributed by atoms with Crippen molar-refractivity contribution >= 4 is 27.5 Å². The zero-order valence-electron chi connectivity index (χ0n) is 11.1. The summed E-state index contributed by atoms with van der Waals surface area (Å²) in [6, 6.07) is 6.93. The molecule has 1 fully saturated rings. The Bertz CT molecular complexity index is 494. The van der Waals surface area contributed by atoms with Crippen molar-refractivity contribution in [1.82, 2.24) is 4.72 Å². The molecule has 1 aromatic rings. The first kappa shape index (κ1) is 14.7. The van der Waals surface area contributed by atoms with E-state index in [4.69, 9.17) is 0 Å². The summed E-state index contributed by atoms with van der Waals surface area (Å²) < 4.78 is 26.0. The van der Waals surface area contributed by atoms with Gasteiger partial charge in [-0.2, -0.15) is 11.8 Å². The van der Waals surface area contributed by atoms with E-state index in [0.29, 0.717) is 16.7 Å². The molecule has 0 amide bonds. The van der Waals surface area contributed by atoms with Gasteiger partial charge in [0.1, 0.15) is 0 Å². The molecule has 1 atom stereocenters. The number of nitrogens with one attached hydrogen (secondary N) is 2. The van der Waals surface area contributed by atoms with Crippen molar-refractivity contribution in [1.29, 1.82) is 0 Å². The molecule has 1 aliphatic rings. The van der Waals surface area contributed by atoms with Crippen molar-refractivity contribution in [3.05, 3.63) is 24.3 Å². The molecule has 1 aromatic carbocycles. The van der Waals surface area contributed by atoms with Gasteiger partial charge in [0.2, 0.25) is 10.0 Å². The van der Waals surface area contributed by atoms with Gasteiger partial charge in [0.05, 0.1) is 4.90 Å². The lowest BCUT2D eigenvalue weighted by Crippen LogP contribution is -2.23. The smallest absolute Gasteiger partial charge is 0.240 e. The average molecular weight is 300 g/mol. The lowest BCUT2D eigenvalue weighted by Gasteiger charge is -2.12. The van der Waals surface area contributed by atoms with Gasteiger partial charge >= 0.3 is 0 Å². The standard InChI is InChI=1S/C13H20N2O2S2/c1-2-15-19(16,17)13-7-5-11(6-8-13)14-10-12-4-3-9-18-12/h5-8,12,14-15H,2-4,9-10H2,1H3. The van der Waals surface area contributed by atoms with Crippen molar-refractivity contribution < 1.29 is 8.42 Å². The fourth-order valence-electron chi connectivity index (χ4n) is 2.06. The normalized spacial score (nSPS) is 19.5. The van der Waals surface area contributed by atoms with Gasteiger partial charge in [-0.15, -0.1) is 0 Å². The number of benzene rings is 1. The fourth-order valence-corrected chi connectivity index (χ4v) is 4.30. The van der Waals surface area contributed by atoms with E-state index in [-0.39, 0.29) is 0 Å². The van der Waals surface area contributed by atoms with E-state index >= 15 is 0 Å². The highest BCUT2D eigenvalue weighted by atomic mass is 32.2. The monoisotopic (exact) mass is 300 g/mol. The minimum absolute atomic E-state index is 0.315. The van der Waals surface area contributed by atoms with Crippen molar-refractivity contribution in [2.24, 2.45) is 0 Å². The van der Waals surface area contributed by atoms with Crippen LogP contribution < -0.4 is 10.0 Å². The fraction of sp³-hybridized carbons (Fsp3) is 0.538. The molecule has 4 nitrogen and oxygen atoms in total. The van der Waals surface area contributed by atoms with Crippen molar-refractivity contribution in [2.45, 2.75) is 29.9 Å². The van der Waals surface area contributed by atoms with Crippen molar-refractivity contribution in [3.63, 3.8) is 0 Å². The predicted octanol–water partition coefficient (Wildman–Crippen LogP) is 2.29. The molecule has 1 aliphatic heterocycles. The van der Waals surface area contributed by atoms with Crippen LogP contribution >= 0.6 is 11.8 Å². The van der Waals surface area contributed by atoms with E-state index in [0.717, 1.165) is 12.2 Å². The Hall–Kier alpha value is -0.720. The highest BCUT2D eigenvalue weighted by Crippen LogP contribution is 2.26. The summed E-state index contributed by atoms with van der Waals surface area (Å²) in [5.41, 5.74) is 0.975. The van der Waals surface area contributed by atoms with E-state index in [1.54, 1.807) is 19.1 Å². The van der Waals surface area contributed by atoms with Gasteiger partial charge in [-0.05, 0) is 42.9 Å². The summed E-state index contributed by atoms with van der Waals surface area (Å²) >= 11 is 2.01. The molecular weight excluding hydrogens is 280 g/mol. The molecule has 19 heavy (non-hydrogen) atoms. The van der Waals surface area contributed by atoms with Crippen LogP contribution in [0.15, 0.2) is 29.2 Å². The molecular formula is C13H20N2O2S2. The largest absolute Gasteiger partial charge is 0.384 e. The number of sulfonamides is 1. The van der Waals surface area contributed by atoms with E-state index in [1.807, 2.05) is 23.9 Å². The van der Waals surface area contributed by atoms with Gasteiger partial charge in [0.15, 0.2) is 0 Å². The van der Waals surface area contributed by atoms with Crippen LogP contribution in [-0.2, 0) is 10.0 Å². The molecule has 106 valence electrons. The minimum Gasteiger partial charge on any atom is -0.384 e. The third-order valence-electron chi connectivity index (χ3n) is 3.06. The first-order chi connectivity index (χ1) is 9.12. The quantitative estimate of drug-likeness (QED) is 0.846. The van der Waals surface area contributed by atoms with Crippen molar-refractivity contribution in [3.8, 4) is 0 Å². The third-order valence-corrected chi connectivity index (χ3v) is 6.02. The van der Waals surface area contributed by atoms with Gasteiger partial charge in [-0.25, -0.2) is 13.1 Å². The zero-order valence-corrected chi connectivity index (χ0v) is 12.7. The van der Waals surface area contributed by atoms with E-state index < -0.39 is 10.0 Å². The Morgan fingerprint density at radius 1 is 1.32 bits per heavy atom. The Kier molecular flexibility index (Phi) is 5.13. The van der Waals surface area contributed by atoms with E-state index in [9.17, 15) is 8.42 Å². The highest BCUT2D eigenvalue weighted by molar-refractivity contribution is 8.00. The van der Waals surface area contributed by atoms with E-state index in [2.05, 4.69) is 10.0 Å². The van der Waals surface area contributed by atoms with Gasteiger partial charge in [-0.1, -0.05) is 6.92 Å². The van der Waals surface area contributed by atoms with Gasteiger partial charge < -0.3 is 5.32 Å². The van der Waals surface area contributed by atoms with Gasteiger partial charge in [0.25, 0.3) is 0 Å². The van der Waals surface area contributed by atoms with Crippen LogP contribution in [0.3, 0.4) is 0 Å². The van der Waals surface area contributed by atoms with Gasteiger partial charge in [0, 0.05) is 24.0 Å². The van der Waals surface area contributed by atoms with Crippen LogP contribution in [0.1, 0.15) is 19.8 Å². The SMILES string of the molecule is CCNS(=O)(=O)c1ccc(NCC2CCCS2)cc1. The first-order valence-electron chi connectivity index (χ1n) is 6.57. The molecule has 0 spiro atoms. The molecule has 0 saturated carbocycles. The topological polar surface area (TPSA) is 58.2 Å². The Balaban J connectivity index is 1.94. The lowest BCUT2D eigenvalue weighted by atomic mass is 10.2. The third kappa shape index (κ3) is 4.12. The maximum Gasteiger partial charge on any atom is 0.240 e. The van der Waals surface area contributed by atoms with Crippen LogP contribution in [0.4, 0.5) is 5.69 Å². The van der Waals surface area contributed by atoms with Crippen LogP contribution in [0.2, 0.25) is 0 Å². The molecule has 2 rings (SSSR count). The number of thioether (sulfide) groups is 1. The summed E-state index contributed by atoms with van der Waals surface area (Å²) in [6.45, 7) is 3.12. The second-order valence-corrected chi connectivity index (χ2v) is 7.72. The maximum atomic E-state index is 11.8. The van der Waals surface area contributed by atoms with Crippen LogP contribution in [-0.4, -0.2) is 32.5 Å². The first-order valence-corrected chi connectivity index (χ1v) is 9.10. The molecule has 0 aromatic heterocycles. The second kappa shape index (κ2) is 6.63. The van der Waals surface area contributed by atoms with Gasteiger partial charge in [-0.3, -0.25) is 0 Å². The summed E-state index contributed by atoms with van der Waals surface area (Å²) in [6.07, 6.45) is 2.57. The Morgan fingerprint density at radius 3 is 2.63 bits per heavy atom. The molecule has 6 heteroatoms. The summed E-state index contributed by atoms with van der Waals surface area (Å²) in [5.74, 6) is 1.26. The number of hydrogen-bond donors (Lipinski definition) is 2.